The summed E-state index contributed by atoms with van der Waals surface area (Å²) in [5, 5.41) is 3.24. The molecular formula is C14H19N3O3. The Morgan fingerprint density at radius 2 is 1.90 bits per heavy atom. The van der Waals surface area contributed by atoms with Crippen LogP contribution in [0.1, 0.15) is 18.4 Å². The maximum absolute atomic E-state index is 12.5. The third-order valence-electron chi connectivity index (χ3n) is 3.60. The van der Waals surface area contributed by atoms with Gasteiger partial charge in [-0.2, -0.15) is 0 Å². The number of piperidine rings is 1. The summed E-state index contributed by atoms with van der Waals surface area (Å²) < 4.78 is 0. The van der Waals surface area contributed by atoms with Gasteiger partial charge in [0.2, 0.25) is 5.91 Å². The summed E-state index contributed by atoms with van der Waals surface area (Å²) in [4.78, 5) is 28.0. The molecule has 0 radical (unpaired) electrons. The first-order valence-electron chi connectivity index (χ1n) is 6.62. The second-order valence-electron chi connectivity index (χ2n) is 4.88. The molecule has 0 spiro atoms. The van der Waals surface area contributed by atoms with Crippen LogP contribution >= 0.6 is 0 Å². The topological polar surface area (TPSA) is 93.5 Å². The largest absolute Gasteiger partial charge is 0.368 e. The van der Waals surface area contributed by atoms with Crippen LogP contribution in [0.4, 0.5) is 0 Å². The van der Waals surface area contributed by atoms with Crippen LogP contribution in [-0.4, -0.2) is 31.5 Å². The molecule has 6 nitrogen and oxygen atoms in total. The van der Waals surface area contributed by atoms with Crippen LogP contribution < -0.4 is 16.5 Å². The van der Waals surface area contributed by atoms with Crippen LogP contribution in [-0.2, 0) is 19.8 Å². The molecule has 4 N–H and O–H groups in total. The van der Waals surface area contributed by atoms with Crippen molar-refractivity contribution < 1.29 is 14.4 Å². The second-order valence-corrected chi connectivity index (χ2v) is 4.88. The van der Waals surface area contributed by atoms with Crippen LogP contribution in [0.15, 0.2) is 30.3 Å². The summed E-state index contributed by atoms with van der Waals surface area (Å²) in [5.41, 5.74) is 7.67. The number of benzene rings is 1. The number of carbonyl (C=O) groups excluding carboxylic acids is 2. The molecule has 1 aromatic carbocycles. The van der Waals surface area contributed by atoms with Crippen molar-refractivity contribution in [2.75, 3.05) is 19.7 Å². The Bertz CT molecular complexity index is 470. The zero-order valence-electron chi connectivity index (χ0n) is 11.2. The predicted molar refractivity (Wildman–Crippen MR) is 73.5 cm³/mol. The first-order valence-corrected chi connectivity index (χ1v) is 6.62. The van der Waals surface area contributed by atoms with Gasteiger partial charge < -0.3 is 11.1 Å². The van der Waals surface area contributed by atoms with Crippen LogP contribution in [0.3, 0.4) is 0 Å². The molecule has 20 heavy (non-hydrogen) atoms. The predicted octanol–water partition coefficient (Wildman–Crippen LogP) is -0.159. The lowest BCUT2D eigenvalue weighted by molar-refractivity contribution is -0.143. The van der Waals surface area contributed by atoms with Gasteiger partial charge in [-0.25, -0.2) is 5.48 Å². The van der Waals surface area contributed by atoms with E-state index in [0.29, 0.717) is 12.8 Å². The first kappa shape index (κ1) is 14.5. The number of hydrogen-bond acceptors (Lipinski definition) is 4. The molecule has 1 aliphatic rings. The highest BCUT2D eigenvalue weighted by Gasteiger charge is 2.41. The summed E-state index contributed by atoms with van der Waals surface area (Å²) in [6.45, 7) is 1.20. The third-order valence-corrected chi connectivity index (χ3v) is 3.60. The highest BCUT2D eigenvalue weighted by atomic mass is 16.7. The average Bonchev–Trinajstić information content (AvgIpc) is 2.48. The molecule has 0 aromatic heterocycles. The number of primary amides is 1. The number of nitrogens with two attached hydrogens (primary N) is 1. The molecule has 1 fully saturated rings. The Labute approximate surface area is 117 Å². The third kappa shape index (κ3) is 3.15. The minimum absolute atomic E-state index is 0.230. The normalized spacial score (nSPS) is 17.4. The van der Waals surface area contributed by atoms with E-state index in [9.17, 15) is 9.59 Å². The summed E-state index contributed by atoms with van der Waals surface area (Å²) in [6.07, 6.45) is 1.37. The van der Waals surface area contributed by atoms with Gasteiger partial charge in [-0.1, -0.05) is 30.3 Å². The van der Waals surface area contributed by atoms with E-state index in [0.717, 1.165) is 18.7 Å². The second kappa shape index (κ2) is 6.49. The van der Waals surface area contributed by atoms with Crippen LogP contribution in [0.25, 0.3) is 0 Å². The Hall–Kier alpha value is -1.92. The number of nitrogens with one attached hydrogen (secondary N) is 2. The van der Waals surface area contributed by atoms with Gasteiger partial charge in [-0.15, -0.1) is 0 Å². The molecule has 0 bridgehead atoms. The molecular weight excluding hydrogens is 258 g/mol. The van der Waals surface area contributed by atoms with Gasteiger partial charge in [0.05, 0.1) is 5.41 Å². The lowest BCUT2D eigenvalue weighted by atomic mass is 9.72. The Morgan fingerprint density at radius 1 is 1.25 bits per heavy atom. The molecule has 1 aliphatic heterocycles. The molecule has 6 heteroatoms. The summed E-state index contributed by atoms with van der Waals surface area (Å²) in [5.74, 6) is -0.851. The fourth-order valence-electron chi connectivity index (χ4n) is 2.53. The number of carbonyl (C=O) groups is 2. The molecule has 108 valence electrons. The monoisotopic (exact) mass is 277 g/mol. The smallest absolute Gasteiger partial charge is 0.254 e. The number of rotatable bonds is 5. The van der Waals surface area contributed by atoms with Crippen molar-refractivity contribution in [3.05, 3.63) is 35.9 Å². The summed E-state index contributed by atoms with van der Waals surface area (Å²) in [7, 11) is 0. The molecule has 1 saturated heterocycles. The Morgan fingerprint density at radius 3 is 2.50 bits per heavy atom. The van der Waals surface area contributed by atoms with E-state index in [4.69, 9.17) is 10.6 Å². The summed E-state index contributed by atoms with van der Waals surface area (Å²) >= 11 is 0. The molecule has 0 saturated carbocycles. The van der Waals surface area contributed by atoms with Crippen LogP contribution in [0.2, 0.25) is 0 Å². The van der Waals surface area contributed by atoms with Crippen LogP contribution in [0, 0.1) is 0 Å². The lowest BCUT2D eigenvalue weighted by Crippen LogP contribution is -2.51. The molecule has 0 atom stereocenters. The van der Waals surface area contributed by atoms with Crippen LogP contribution in [0.5, 0.6) is 0 Å². The zero-order valence-corrected chi connectivity index (χ0v) is 11.2. The van der Waals surface area contributed by atoms with Gasteiger partial charge in [-0.3, -0.25) is 14.4 Å². The standard InChI is InChI=1S/C14H19N3O3/c15-12(18)10-20-17-13(19)14(6-8-16-9-7-14)11-4-2-1-3-5-11/h1-5,16H,6-10H2,(H2,15,18)(H,17,19). The molecule has 0 unspecified atom stereocenters. The van der Waals surface area contributed by atoms with Gasteiger partial charge in [0.15, 0.2) is 6.61 Å². The van der Waals surface area contributed by atoms with Gasteiger partial charge in [0.1, 0.15) is 0 Å². The Balaban J connectivity index is 2.15. The molecule has 1 aromatic rings. The number of hydrogen-bond donors (Lipinski definition) is 3. The van der Waals surface area contributed by atoms with E-state index < -0.39 is 11.3 Å². The number of amides is 2. The van der Waals surface area contributed by atoms with Crippen molar-refractivity contribution in [3.8, 4) is 0 Å². The van der Waals surface area contributed by atoms with E-state index in [1.807, 2.05) is 30.3 Å². The maximum atomic E-state index is 12.5. The maximum Gasteiger partial charge on any atom is 0.254 e. The van der Waals surface area contributed by atoms with Gasteiger partial charge in [0, 0.05) is 0 Å². The van der Waals surface area contributed by atoms with Gasteiger partial charge in [0.25, 0.3) is 5.91 Å². The van der Waals surface area contributed by atoms with E-state index in [-0.39, 0.29) is 12.5 Å². The van der Waals surface area contributed by atoms with E-state index in [1.54, 1.807) is 0 Å². The van der Waals surface area contributed by atoms with Crippen molar-refractivity contribution in [1.82, 2.24) is 10.8 Å². The molecule has 0 aliphatic carbocycles. The van der Waals surface area contributed by atoms with Crippen molar-refractivity contribution >= 4 is 11.8 Å². The molecule has 1 heterocycles. The number of hydroxylamine groups is 1. The van der Waals surface area contributed by atoms with Gasteiger partial charge in [-0.05, 0) is 31.5 Å². The van der Waals surface area contributed by atoms with Crippen molar-refractivity contribution in [3.63, 3.8) is 0 Å². The molecule has 2 rings (SSSR count). The minimum Gasteiger partial charge on any atom is -0.368 e. The zero-order chi connectivity index (χ0) is 14.4. The van der Waals surface area contributed by atoms with Gasteiger partial charge >= 0.3 is 0 Å². The van der Waals surface area contributed by atoms with E-state index in [2.05, 4.69) is 10.8 Å². The van der Waals surface area contributed by atoms with Crippen molar-refractivity contribution in [1.29, 1.82) is 0 Å². The highest BCUT2D eigenvalue weighted by Crippen LogP contribution is 2.33. The minimum atomic E-state index is -0.621. The Kier molecular flexibility index (Phi) is 4.70. The SMILES string of the molecule is NC(=O)CONC(=O)C1(c2ccccc2)CCNCC1. The fraction of sp³-hybridized carbons (Fsp3) is 0.429. The average molecular weight is 277 g/mol. The van der Waals surface area contributed by atoms with E-state index >= 15 is 0 Å². The quantitative estimate of drug-likeness (QED) is 0.652. The lowest BCUT2D eigenvalue weighted by Gasteiger charge is -2.36. The summed E-state index contributed by atoms with van der Waals surface area (Å²) in [6, 6.07) is 9.63. The fourth-order valence-corrected chi connectivity index (χ4v) is 2.53. The van der Waals surface area contributed by atoms with Crippen molar-refractivity contribution in [2.45, 2.75) is 18.3 Å². The molecule has 2 amide bonds. The van der Waals surface area contributed by atoms with E-state index in [1.165, 1.54) is 0 Å². The van der Waals surface area contributed by atoms with Crippen molar-refractivity contribution in [2.24, 2.45) is 5.73 Å². The highest BCUT2D eigenvalue weighted by molar-refractivity contribution is 5.87. The first-order chi connectivity index (χ1) is 9.65.